The summed E-state index contributed by atoms with van der Waals surface area (Å²) in [4.78, 5) is 27.1. The second kappa shape index (κ2) is 6.95. The Bertz CT molecular complexity index is 620. The van der Waals surface area contributed by atoms with Crippen LogP contribution in [0.4, 0.5) is 0 Å². The molecular formula is C19H22N2O2. The molecule has 1 saturated heterocycles. The van der Waals surface area contributed by atoms with E-state index in [2.05, 4.69) is 6.07 Å². The molecule has 0 spiro atoms. The summed E-state index contributed by atoms with van der Waals surface area (Å²) in [6.45, 7) is 0.453. The van der Waals surface area contributed by atoms with Gasteiger partial charge in [0.2, 0.25) is 5.91 Å². The van der Waals surface area contributed by atoms with Gasteiger partial charge in [-0.25, -0.2) is 0 Å². The summed E-state index contributed by atoms with van der Waals surface area (Å²) >= 11 is 0. The van der Waals surface area contributed by atoms with E-state index in [1.807, 2.05) is 35.2 Å². The van der Waals surface area contributed by atoms with Crippen molar-refractivity contribution in [2.24, 2.45) is 11.8 Å². The first-order valence-electron chi connectivity index (χ1n) is 8.48. The molecule has 1 heterocycles. The van der Waals surface area contributed by atoms with Crippen LogP contribution in [-0.4, -0.2) is 29.2 Å². The molecule has 4 nitrogen and oxygen atoms in total. The van der Waals surface area contributed by atoms with E-state index in [1.54, 1.807) is 0 Å². The summed E-state index contributed by atoms with van der Waals surface area (Å²) in [6, 6.07) is 11.4. The van der Waals surface area contributed by atoms with Crippen molar-refractivity contribution in [3.8, 4) is 6.07 Å². The highest BCUT2D eigenvalue weighted by atomic mass is 16.2. The van der Waals surface area contributed by atoms with Crippen molar-refractivity contribution in [2.75, 3.05) is 6.54 Å². The zero-order valence-electron chi connectivity index (χ0n) is 13.3. The van der Waals surface area contributed by atoms with Crippen molar-refractivity contribution in [1.82, 2.24) is 4.90 Å². The zero-order chi connectivity index (χ0) is 16.2. The summed E-state index contributed by atoms with van der Waals surface area (Å²) in [5.41, 5.74) is 0.708. The lowest BCUT2D eigenvalue weighted by Gasteiger charge is -2.29. The number of nitriles is 1. The fraction of sp³-hybridized carbons (Fsp3) is 0.526. The van der Waals surface area contributed by atoms with Gasteiger partial charge in [0.15, 0.2) is 5.78 Å². The number of likely N-dealkylation sites (tertiary alicyclic amines) is 1. The number of nitrogens with zero attached hydrogens (tertiary/aromatic N) is 2. The highest BCUT2D eigenvalue weighted by Crippen LogP contribution is 2.42. The number of hydrogen-bond acceptors (Lipinski definition) is 3. The zero-order valence-corrected chi connectivity index (χ0v) is 13.3. The summed E-state index contributed by atoms with van der Waals surface area (Å²) in [5.74, 6) is 0.603. The molecular weight excluding hydrogens is 288 g/mol. The van der Waals surface area contributed by atoms with Crippen molar-refractivity contribution in [3.63, 3.8) is 0 Å². The molecule has 120 valence electrons. The average molecular weight is 310 g/mol. The van der Waals surface area contributed by atoms with Crippen LogP contribution in [0.25, 0.3) is 0 Å². The SMILES string of the molecule is N#CCCN1C(=O)[C@H]2CCCC[C@H]2[C@@H]1CC(=O)c1ccccc1. The fourth-order valence-corrected chi connectivity index (χ4v) is 4.17. The number of rotatable bonds is 5. The van der Waals surface area contributed by atoms with Gasteiger partial charge in [-0.15, -0.1) is 0 Å². The van der Waals surface area contributed by atoms with Crippen molar-refractivity contribution >= 4 is 11.7 Å². The molecule has 0 unspecified atom stereocenters. The summed E-state index contributed by atoms with van der Waals surface area (Å²) in [6.07, 6.45) is 4.90. The van der Waals surface area contributed by atoms with E-state index in [0.717, 1.165) is 25.7 Å². The van der Waals surface area contributed by atoms with Crippen LogP contribution in [0.15, 0.2) is 30.3 Å². The van der Waals surface area contributed by atoms with Crippen molar-refractivity contribution < 1.29 is 9.59 Å². The van der Waals surface area contributed by atoms with Gasteiger partial charge in [0.05, 0.1) is 12.5 Å². The Balaban J connectivity index is 1.79. The first-order chi connectivity index (χ1) is 11.2. The molecule has 23 heavy (non-hydrogen) atoms. The summed E-state index contributed by atoms with van der Waals surface area (Å²) in [5, 5.41) is 8.86. The topological polar surface area (TPSA) is 61.2 Å². The van der Waals surface area contributed by atoms with Gasteiger partial charge in [0.1, 0.15) is 0 Å². The highest BCUT2D eigenvalue weighted by Gasteiger charge is 2.48. The van der Waals surface area contributed by atoms with Crippen LogP contribution in [0.3, 0.4) is 0 Å². The van der Waals surface area contributed by atoms with Gasteiger partial charge in [0.25, 0.3) is 0 Å². The molecule has 1 aromatic carbocycles. The minimum Gasteiger partial charge on any atom is -0.338 e. The Morgan fingerprint density at radius 2 is 1.96 bits per heavy atom. The maximum atomic E-state index is 12.7. The highest BCUT2D eigenvalue weighted by molar-refractivity contribution is 5.97. The number of ketones is 1. The lowest BCUT2D eigenvalue weighted by Crippen LogP contribution is -2.37. The second-order valence-electron chi connectivity index (χ2n) is 6.56. The molecule has 0 N–H and O–H groups in total. The number of amides is 1. The second-order valence-corrected chi connectivity index (χ2v) is 6.56. The molecule has 1 aliphatic carbocycles. The molecule has 1 aromatic rings. The molecule has 1 amide bonds. The van der Waals surface area contributed by atoms with Crippen molar-refractivity contribution in [1.29, 1.82) is 5.26 Å². The Morgan fingerprint density at radius 3 is 2.70 bits per heavy atom. The van der Waals surface area contributed by atoms with E-state index >= 15 is 0 Å². The van der Waals surface area contributed by atoms with E-state index in [0.29, 0.717) is 24.9 Å². The molecule has 1 aliphatic heterocycles. The molecule has 0 bridgehead atoms. The smallest absolute Gasteiger partial charge is 0.226 e. The Morgan fingerprint density at radius 1 is 1.22 bits per heavy atom. The maximum Gasteiger partial charge on any atom is 0.226 e. The molecule has 3 rings (SSSR count). The van der Waals surface area contributed by atoms with Crippen LogP contribution in [0.2, 0.25) is 0 Å². The lowest BCUT2D eigenvalue weighted by atomic mass is 9.77. The molecule has 3 atom stereocenters. The van der Waals surface area contributed by atoms with Crippen LogP contribution in [0.1, 0.15) is 48.9 Å². The fourth-order valence-electron chi connectivity index (χ4n) is 4.17. The monoisotopic (exact) mass is 310 g/mol. The van der Waals surface area contributed by atoms with Crippen LogP contribution in [0, 0.1) is 23.2 Å². The van der Waals surface area contributed by atoms with Gasteiger partial charge in [-0.2, -0.15) is 5.26 Å². The Hall–Kier alpha value is -2.15. The maximum absolute atomic E-state index is 12.7. The van der Waals surface area contributed by atoms with Gasteiger partial charge in [-0.3, -0.25) is 9.59 Å². The minimum absolute atomic E-state index is 0.0335. The van der Waals surface area contributed by atoms with Crippen LogP contribution < -0.4 is 0 Å². The van der Waals surface area contributed by atoms with Crippen LogP contribution in [0.5, 0.6) is 0 Å². The summed E-state index contributed by atoms with van der Waals surface area (Å²) in [7, 11) is 0. The van der Waals surface area contributed by atoms with Gasteiger partial charge in [0, 0.05) is 30.5 Å². The third-order valence-electron chi connectivity index (χ3n) is 5.27. The average Bonchev–Trinajstić information content (AvgIpc) is 2.86. The van der Waals surface area contributed by atoms with Gasteiger partial charge >= 0.3 is 0 Å². The minimum atomic E-state index is -0.0335. The van der Waals surface area contributed by atoms with E-state index in [-0.39, 0.29) is 29.6 Å². The van der Waals surface area contributed by atoms with Gasteiger partial charge in [-0.1, -0.05) is 43.2 Å². The number of Topliss-reactive ketones (excluding diaryl/α,β-unsaturated/α-hetero) is 1. The number of carbonyl (C=O) groups is 2. The van der Waals surface area contributed by atoms with E-state index in [1.165, 1.54) is 0 Å². The number of hydrogen-bond donors (Lipinski definition) is 0. The number of fused-ring (bicyclic) bond motifs is 1. The van der Waals surface area contributed by atoms with E-state index < -0.39 is 0 Å². The third-order valence-corrected chi connectivity index (χ3v) is 5.27. The van der Waals surface area contributed by atoms with Crippen molar-refractivity contribution in [2.45, 2.75) is 44.6 Å². The van der Waals surface area contributed by atoms with Crippen LogP contribution in [-0.2, 0) is 4.79 Å². The number of benzene rings is 1. The van der Waals surface area contributed by atoms with Crippen molar-refractivity contribution in [3.05, 3.63) is 35.9 Å². The number of carbonyl (C=O) groups excluding carboxylic acids is 2. The molecule has 0 radical (unpaired) electrons. The van der Waals surface area contributed by atoms with E-state index in [9.17, 15) is 9.59 Å². The Labute approximate surface area is 137 Å². The molecule has 0 aromatic heterocycles. The molecule has 2 fully saturated rings. The largest absolute Gasteiger partial charge is 0.338 e. The van der Waals surface area contributed by atoms with E-state index in [4.69, 9.17) is 5.26 Å². The quantitative estimate of drug-likeness (QED) is 0.785. The standard InChI is InChI=1S/C19H22N2O2/c20-11-6-12-21-17(13-18(22)14-7-2-1-3-8-14)15-9-4-5-10-16(15)19(21)23/h1-3,7-8,15-17H,4-6,9-10,12-13H2/t15-,16+,17+/m1/s1. The Kier molecular flexibility index (Phi) is 4.76. The van der Waals surface area contributed by atoms with Crippen LogP contribution >= 0.6 is 0 Å². The predicted molar refractivity (Wildman–Crippen MR) is 86.6 cm³/mol. The summed E-state index contributed by atoms with van der Waals surface area (Å²) < 4.78 is 0. The van der Waals surface area contributed by atoms with Gasteiger partial charge < -0.3 is 4.90 Å². The third kappa shape index (κ3) is 3.14. The van der Waals surface area contributed by atoms with Gasteiger partial charge in [-0.05, 0) is 18.8 Å². The lowest BCUT2D eigenvalue weighted by molar-refractivity contribution is -0.132. The first kappa shape index (κ1) is 15.7. The predicted octanol–water partition coefficient (Wildman–Crippen LogP) is 3.19. The normalized spacial score (nSPS) is 26.7. The molecule has 4 heteroatoms. The first-order valence-corrected chi connectivity index (χ1v) is 8.48. The molecule has 2 aliphatic rings. The molecule has 1 saturated carbocycles.